The van der Waals surface area contributed by atoms with Crippen molar-refractivity contribution in [3.63, 3.8) is 0 Å². The smallest absolute Gasteiger partial charge is 0.291 e. The number of carbonyl (C=O) groups is 1. The summed E-state index contributed by atoms with van der Waals surface area (Å²) in [4.78, 5) is 24.4. The Morgan fingerprint density at radius 2 is 2.00 bits per heavy atom. The Hall–Kier alpha value is -2.60. The van der Waals surface area contributed by atoms with Crippen LogP contribution in [0, 0.1) is 0 Å². The van der Waals surface area contributed by atoms with Crippen LogP contribution in [0.15, 0.2) is 51.9 Å². The van der Waals surface area contributed by atoms with Crippen molar-refractivity contribution >= 4 is 5.91 Å². The van der Waals surface area contributed by atoms with E-state index in [1.165, 1.54) is 12.3 Å². The number of benzene rings is 1. The first-order valence-corrected chi connectivity index (χ1v) is 7.45. The maximum Gasteiger partial charge on any atom is 0.291 e. The highest BCUT2D eigenvalue weighted by atomic mass is 16.5. The van der Waals surface area contributed by atoms with Crippen LogP contribution < -0.4 is 21.2 Å². The second-order valence-electron chi connectivity index (χ2n) is 5.66. The number of nitrogens with two attached hydrogens (primary N) is 1. The van der Waals surface area contributed by atoms with Crippen molar-refractivity contribution in [2.45, 2.75) is 25.0 Å². The number of hydrogen-bond acceptors (Lipinski definition) is 5. The van der Waals surface area contributed by atoms with E-state index in [0.29, 0.717) is 6.54 Å². The largest absolute Gasteiger partial charge is 0.481 e. The highest BCUT2D eigenvalue weighted by molar-refractivity contribution is 5.94. The number of hydrogen-bond donors (Lipinski definition) is 2. The van der Waals surface area contributed by atoms with Crippen LogP contribution >= 0.6 is 0 Å². The molecule has 1 heterocycles. The van der Waals surface area contributed by atoms with Gasteiger partial charge in [0, 0.05) is 12.6 Å². The van der Waals surface area contributed by atoms with Gasteiger partial charge in [0.2, 0.25) is 16.9 Å². The summed E-state index contributed by atoms with van der Waals surface area (Å²) in [5.74, 6) is -0.677. The molecule has 6 nitrogen and oxygen atoms in total. The third-order valence-electron chi connectivity index (χ3n) is 3.89. The monoisotopic (exact) mass is 314 g/mol. The normalized spacial score (nSPS) is 15.0. The van der Waals surface area contributed by atoms with Crippen molar-refractivity contribution in [1.29, 1.82) is 0 Å². The van der Waals surface area contributed by atoms with E-state index in [-0.39, 0.29) is 23.7 Å². The van der Waals surface area contributed by atoms with Gasteiger partial charge in [0.15, 0.2) is 0 Å². The van der Waals surface area contributed by atoms with E-state index >= 15 is 0 Å². The fourth-order valence-electron chi connectivity index (χ4n) is 2.26. The highest BCUT2D eigenvalue weighted by Gasteiger charge is 2.43. The highest BCUT2D eigenvalue weighted by Crippen LogP contribution is 2.34. The molecule has 1 aromatic heterocycles. The summed E-state index contributed by atoms with van der Waals surface area (Å²) in [6, 6.07) is 10.6. The Balaban J connectivity index is 1.79. The van der Waals surface area contributed by atoms with Crippen LogP contribution in [0.3, 0.4) is 0 Å². The van der Waals surface area contributed by atoms with Crippen LogP contribution in [-0.2, 0) is 6.61 Å². The minimum Gasteiger partial charge on any atom is -0.481 e. The first-order valence-electron chi connectivity index (χ1n) is 7.45. The summed E-state index contributed by atoms with van der Waals surface area (Å²) in [5.41, 5.74) is 5.78. The number of ether oxygens (including phenoxy) is 1. The van der Waals surface area contributed by atoms with Gasteiger partial charge in [0.25, 0.3) is 5.91 Å². The van der Waals surface area contributed by atoms with E-state index in [1.807, 2.05) is 30.3 Å². The molecule has 0 spiro atoms. The first-order chi connectivity index (χ1) is 11.1. The molecule has 0 saturated heterocycles. The maximum absolute atomic E-state index is 12.4. The zero-order valence-electron chi connectivity index (χ0n) is 12.6. The van der Waals surface area contributed by atoms with Crippen LogP contribution in [0.5, 0.6) is 5.75 Å². The van der Waals surface area contributed by atoms with Crippen LogP contribution in [0.4, 0.5) is 0 Å². The molecular weight excluding hydrogens is 296 g/mol. The van der Waals surface area contributed by atoms with Crippen molar-refractivity contribution in [3.8, 4) is 5.75 Å². The Bertz CT molecular complexity index is 751. The Labute approximate surface area is 133 Å². The maximum atomic E-state index is 12.4. The molecule has 1 saturated carbocycles. The standard InChI is InChI=1S/C17H18N2O4/c18-11-17(7-8-17)19-16(21)15-14(13(20)6-9-22-15)23-10-12-4-2-1-3-5-12/h1-6,9H,7-8,10-11,18H2,(H,19,21). The molecule has 1 aromatic carbocycles. The van der Waals surface area contributed by atoms with Gasteiger partial charge < -0.3 is 20.2 Å². The average Bonchev–Trinajstić information content (AvgIpc) is 3.34. The van der Waals surface area contributed by atoms with Crippen molar-refractivity contribution in [2.75, 3.05) is 6.54 Å². The molecular formula is C17H18N2O4. The predicted molar refractivity (Wildman–Crippen MR) is 84.2 cm³/mol. The van der Waals surface area contributed by atoms with E-state index in [2.05, 4.69) is 5.32 Å². The Morgan fingerprint density at radius 1 is 1.26 bits per heavy atom. The second-order valence-corrected chi connectivity index (χ2v) is 5.66. The summed E-state index contributed by atoms with van der Waals surface area (Å²) in [5, 5.41) is 2.82. The number of amides is 1. The van der Waals surface area contributed by atoms with Gasteiger partial charge in [0.05, 0.1) is 11.8 Å². The van der Waals surface area contributed by atoms with Crippen molar-refractivity contribution < 1.29 is 13.9 Å². The fraction of sp³-hybridized carbons (Fsp3) is 0.294. The third kappa shape index (κ3) is 3.43. The summed E-state index contributed by atoms with van der Waals surface area (Å²) < 4.78 is 10.8. The van der Waals surface area contributed by atoms with E-state index in [9.17, 15) is 9.59 Å². The van der Waals surface area contributed by atoms with Gasteiger partial charge in [-0.3, -0.25) is 9.59 Å². The predicted octanol–water partition coefficient (Wildman–Crippen LogP) is 1.44. The fourth-order valence-corrected chi connectivity index (χ4v) is 2.26. The van der Waals surface area contributed by atoms with E-state index in [1.54, 1.807) is 0 Å². The zero-order chi connectivity index (χ0) is 16.3. The molecule has 23 heavy (non-hydrogen) atoms. The summed E-state index contributed by atoms with van der Waals surface area (Å²) in [7, 11) is 0. The topological polar surface area (TPSA) is 94.6 Å². The third-order valence-corrected chi connectivity index (χ3v) is 3.89. The molecule has 6 heteroatoms. The first kappa shape index (κ1) is 15.3. The van der Waals surface area contributed by atoms with Crippen LogP contribution in [0.25, 0.3) is 0 Å². The van der Waals surface area contributed by atoms with Gasteiger partial charge in [-0.05, 0) is 18.4 Å². The van der Waals surface area contributed by atoms with Crippen LogP contribution in [0.1, 0.15) is 29.0 Å². The van der Waals surface area contributed by atoms with Crippen molar-refractivity contribution in [2.24, 2.45) is 5.73 Å². The lowest BCUT2D eigenvalue weighted by atomic mass is 10.2. The molecule has 120 valence electrons. The van der Waals surface area contributed by atoms with Crippen molar-refractivity contribution in [3.05, 3.63) is 64.2 Å². The Kier molecular flexibility index (Phi) is 4.16. The molecule has 1 aliphatic carbocycles. The SMILES string of the molecule is NCC1(NC(=O)c2occc(=O)c2OCc2ccccc2)CC1. The molecule has 1 amide bonds. The molecule has 3 rings (SSSR count). The summed E-state index contributed by atoms with van der Waals surface area (Å²) in [6.07, 6.45) is 2.84. The van der Waals surface area contributed by atoms with Crippen LogP contribution in [0.2, 0.25) is 0 Å². The molecule has 0 aliphatic heterocycles. The van der Waals surface area contributed by atoms with Gasteiger partial charge in [-0.25, -0.2) is 0 Å². The van der Waals surface area contributed by atoms with Gasteiger partial charge >= 0.3 is 0 Å². The minimum atomic E-state index is -0.478. The Morgan fingerprint density at radius 3 is 2.65 bits per heavy atom. The zero-order valence-corrected chi connectivity index (χ0v) is 12.6. The molecule has 0 bridgehead atoms. The van der Waals surface area contributed by atoms with Crippen LogP contribution in [-0.4, -0.2) is 18.0 Å². The molecule has 0 radical (unpaired) electrons. The van der Waals surface area contributed by atoms with E-state index in [0.717, 1.165) is 18.4 Å². The molecule has 3 N–H and O–H groups in total. The second kappa shape index (κ2) is 6.26. The van der Waals surface area contributed by atoms with Gasteiger partial charge in [-0.2, -0.15) is 0 Å². The lowest BCUT2D eigenvalue weighted by molar-refractivity contribution is 0.0894. The summed E-state index contributed by atoms with van der Waals surface area (Å²) in [6.45, 7) is 0.536. The number of carbonyl (C=O) groups excluding carboxylic acids is 1. The molecule has 0 atom stereocenters. The van der Waals surface area contributed by atoms with E-state index in [4.69, 9.17) is 14.9 Å². The molecule has 0 unspecified atom stereocenters. The molecule has 1 aliphatic rings. The minimum absolute atomic E-state index is 0.0818. The molecule has 2 aromatic rings. The number of nitrogens with one attached hydrogen (secondary N) is 1. The quantitative estimate of drug-likeness (QED) is 0.841. The number of rotatable bonds is 6. The van der Waals surface area contributed by atoms with Crippen molar-refractivity contribution in [1.82, 2.24) is 5.32 Å². The summed E-state index contributed by atoms with van der Waals surface area (Å²) >= 11 is 0. The van der Waals surface area contributed by atoms with Gasteiger partial charge in [0.1, 0.15) is 6.61 Å². The van der Waals surface area contributed by atoms with E-state index < -0.39 is 11.3 Å². The average molecular weight is 314 g/mol. The van der Waals surface area contributed by atoms with Gasteiger partial charge in [-0.15, -0.1) is 0 Å². The lowest BCUT2D eigenvalue weighted by Gasteiger charge is -2.15. The lowest BCUT2D eigenvalue weighted by Crippen LogP contribution is -2.42. The molecule has 1 fully saturated rings. The van der Waals surface area contributed by atoms with Gasteiger partial charge in [-0.1, -0.05) is 30.3 Å².